The molecule has 0 aliphatic heterocycles. The fraction of sp³-hybridized carbons (Fsp3) is 0.176. The Balaban J connectivity index is 1.92. The van der Waals surface area contributed by atoms with Crippen molar-refractivity contribution in [3.05, 3.63) is 53.6 Å². The summed E-state index contributed by atoms with van der Waals surface area (Å²) in [6, 6.07) is 14.0. The summed E-state index contributed by atoms with van der Waals surface area (Å²) in [7, 11) is 0. The van der Waals surface area contributed by atoms with Crippen LogP contribution >= 0.6 is 23.8 Å². The summed E-state index contributed by atoms with van der Waals surface area (Å²) in [4.78, 5) is 11.6. The highest BCUT2D eigenvalue weighted by molar-refractivity contribution is 7.79. The van der Waals surface area contributed by atoms with Gasteiger partial charge < -0.3 is 14.2 Å². The summed E-state index contributed by atoms with van der Waals surface area (Å²) < 4.78 is 16.0. The molecule has 1 atom stereocenters. The Kier molecular flexibility index (Phi) is 6.38. The first-order chi connectivity index (χ1) is 11.1. The first kappa shape index (κ1) is 17.2. The zero-order valence-electron chi connectivity index (χ0n) is 12.4. The molecule has 0 saturated carbocycles. The van der Waals surface area contributed by atoms with Gasteiger partial charge in [0.25, 0.3) is 0 Å². The summed E-state index contributed by atoms with van der Waals surface area (Å²) >= 11 is 10.4. The largest absolute Gasteiger partial charge is 0.479 e. The second kappa shape index (κ2) is 8.50. The van der Waals surface area contributed by atoms with E-state index in [4.69, 9.17) is 25.8 Å². The lowest BCUT2D eigenvalue weighted by molar-refractivity contribution is -0.149. The van der Waals surface area contributed by atoms with Gasteiger partial charge in [0.05, 0.1) is 0 Å². The van der Waals surface area contributed by atoms with Crippen molar-refractivity contribution in [2.45, 2.75) is 13.0 Å². The van der Waals surface area contributed by atoms with E-state index in [2.05, 4.69) is 12.2 Å². The van der Waals surface area contributed by atoms with Gasteiger partial charge in [0.2, 0.25) is 0 Å². The van der Waals surface area contributed by atoms with Crippen molar-refractivity contribution in [2.75, 3.05) is 6.61 Å². The Morgan fingerprint density at radius 1 is 1.09 bits per heavy atom. The number of halogens is 1. The van der Waals surface area contributed by atoms with Gasteiger partial charge in [-0.3, -0.25) is 0 Å². The minimum absolute atomic E-state index is 0.0930. The standard InChI is InChI=1S/C17H15ClO4S/c1-12(17(19)20-10-11-23)21-14-6-8-16(9-7-14)22-15-4-2-13(18)3-5-15/h2-9,11-12H,10H2,1H3. The molecule has 0 aromatic heterocycles. The number of hydrogen-bond donors (Lipinski definition) is 0. The Hall–Kier alpha value is -2.11. The van der Waals surface area contributed by atoms with Crippen LogP contribution in [0.1, 0.15) is 6.92 Å². The number of hydrogen-bond acceptors (Lipinski definition) is 5. The van der Waals surface area contributed by atoms with E-state index in [1.165, 1.54) is 5.37 Å². The summed E-state index contributed by atoms with van der Waals surface area (Å²) in [5.41, 5.74) is 0. The number of thiocarbonyl (C=S) groups is 1. The van der Waals surface area contributed by atoms with E-state index in [-0.39, 0.29) is 6.61 Å². The molecule has 2 aromatic carbocycles. The topological polar surface area (TPSA) is 44.8 Å². The summed E-state index contributed by atoms with van der Waals surface area (Å²) in [5.74, 6) is 1.41. The molecule has 2 aromatic rings. The maximum Gasteiger partial charge on any atom is 0.347 e. The maximum atomic E-state index is 11.6. The Bertz CT molecular complexity index is 655. The van der Waals surface area contributed by atoms with Crippen molar-refractivity contribution in [3.63, 3.8) is 0 Å². The van der Waals surface area contributed by atoms with E-state index in [1.807, 2.05) is 0 Å². The van der Waals surface area contributed by atoms with Gasteiger partial charge >= 0.3 is 5.97 Å². The lowest BCUT2D eigenvalue weighted by Crippen LogP contribution is -2.26. The minimum atomic E-state index is -0.715. The predicted octanol–water partition coefficient (Wildman–Crippen LogP) is 4.44. The molecule has 120 valence electrons. The quantitative estimate of drug-likeness (QED) is 0.545. The monoisotopic (exact) mass is 350 g/mol. The molecule has 4 nitrogen and oxygen atoms in total. The first-order valence-corrected chi connectivity index (χ1v) is 7.74. The molecule has 6 heteroatoms. The molecule has 0 amide bonds. The Morgan fingerprint density at radius 3 is 2.17 bits per heavy atom. The number of carbonyl (C=O) groups is 1. The third-order valence-electron chi connectivity index (χ3n) is 2.81. The SMILES string of the molecule is CC(Oc1ccc(Oc2ccc(Cl)cc2)cc1)C(=O)OCC=S. The normalized spacial score (nSPS) is 11.4. The van der Waals surface area contributed by atoms with Gasteiger partial charge in [-0.15, -0.1) is 0 Å². The van der Waals surface area contributed by atoms with Crippen LogP contribution in [0.3, 0.4) is 0 Å². The highest BCUT2D eigenvalue weighted by atomic mass is 35.5. The number of ether oxygens (including phenoxy) is 3. The Labute approximate surface area is 144 Å². The molecule has 0 heterocycles. The second-order valence-corrected chi connectivity index (χ2v) is 5.35. The van der Waals surface area contributed by atoms with E-state index < -0.39 is 12.1 Å². The predicted molar refractivity (Wildman–Crippen MR) is 92.7 cm³/mol. The molecule has 23 heavy (non-hydrogen) atoms. The molecular weight excluding hydrogens is 336 g/mol. The van der Waals surface area contributed by atoms with Gasteiger partial charge in [-0.2, -0.15) is 0 Å². The zero-order valence-corrected chi connectivity index (χ0v) is 14.0. The number of benzene rings is 2. The van der Waals surface area contributed by atoms with E-state index in [1.54, 1.807) is 55.5 Å². The smallest absolute Gasteiger partial charge is 0.347 e. The average Bonchev–Trinajstić information content (AvgIpc) is 2.56. The molecular formula is C17H15ClO4S. The second-order valence-electron chi connectivity index (χ2n) is 4.58. The van der Waals surface area contributed by atoms with Crippen molar-refractivity contribution in [1.82, 2.24) is 0 Å². The van der Waals surface area contributed by atoms with Gasteiger partial charge in [0, 0.05) is 10.4 Å². The molecule has 1 unspecified atom stereocenters. The molecule has 0 bridgehead atoms. The van der Waals surface area contributed by atoms with Crippen LogP contribution in [0.4, 0.5) is 0 Å². The molecule has 0 saturated heterocycles. The van der Waals surface area contributed by atoms with E-state index in [0.717, 1.165) is 0 Å². The summed E-state index contributed by atoms with van der Waals surface area (Å²) in [5, 5.41) is 1.99. The lowest BCUT2D eigenvalue weighted by atomic mass is 10.3. The van der Waals surface area contributed by atoms with Crippen molar-refractivity contribution in [3.8, 4) is 17.2 Å². The molecule has 0 aliphatic carbocycles. The average molecular weight is 351 g/mol. The highest BCUT2D eigenvalue weighted by Crippen LogP contribution is 2.25. The van der Waals surface area contributed by atoms with Gasteiger partial charge in [0.1, 0.15) is 23.9 Å². The van der Waals surface area contributed by atoms with Crippen LogP contribution in [-0.4, -0.2) is 24.0 Å². The van der Waals surface area contributed by atoms with Crippen molar-refractivity contribution < 1.29 is 19.0 Å². The van der Waals surface area contributed by atoms with Crippen LogP contribution in [0.2, 0.25) is 5.02 Å². The zero-order chi connectivity index (χ0) is 16.7. The van der Waals surface area contributed by atoms with Crippen molar-refractivity contribution >= 4 is 35.2 Å². The van der Waals surface area contributed by atoms with E-state index in [0.29, 0.717) is 22.3 Å². The maximum absolute atomic E-state index is 11.6. The number of rotatable bonds is 7. The first-order valence-electron chi connectivity index (χ1n) is 6.89. The van der Waals surface area contributed by atoms with E-state index in [9.17, 15) is 4.79 Å². The van der Waals surface area contributed by atoms with Gasteiger partial charge in [-0.25, -0.2) is 4.79 Å². The fourth-order valence-electron chi connectivity index (χ4n) is 1.71. The van der Waals surface area contributed by atoms with Gasteiger partial charge in [-0.05, 0) is 55.5 Å². The van der Waals surface area contributed by atoms with Crippen LogP contribution in [-0.2, 0) is 9.53 Å². The summed E-state index contributed by atoms with van der Waals surface area (Å²) in [6.45, 7) is 1.71. The lowest BCUT2D eigenvalue weighted by Gasteiger charge is -2.13. The number of carbonyl (C=O) groups excluding carboxylic acids is 1. The minimum Gasteiger partial charge on any atom is -0.479 e. The summed E-state index contributed by atoms with van der Waals surface area (Å²) in [6.07, 6.45) is -0.715. The van der Waals surface area contributed by atoms with Crippen LogP contribution in [0.25, 0.3) is 0 Å². The third-order valence-corrected chi connectivity index (χ3v) is 3.20. The van der Waals surface area contributed by atoms with Crippen LogP contribution in [0, 0.1) is 0 Å². The highest BCUT2D eigenvalue weighted by Gasteiger charge is 2.15. The van der Waals surface area contributed by atoms with Gasteiger partial charge in [0.15, 0.2) is 6.10 Å². The Morgan fingerprint density at radius 2 is 1.61 bits per heavy atom. The third kappa shape index (κ3) is 5.54. The van der Waals surface area contributed by atoms with E-state index >= 15 is 0 Å². The molecule has 2 rings (SSSR count). The molecule has 0 fully saturated rings. The molecule has 0 spiro atoms. The fourth-order valence-corrected chi connectivity index (χ4v) is 1.90. The molecule has 0 N–H and O–H groups in total. The molecule has 0 aliphatic rings. The van der Waals surface area contributed by atoms with Crippen molar-refractivity contribution in [1.29, 1.82) is 0 Å². The van der Waals surface area contributed by atoms with Crippen LogP contribution < -0.4 is 9.47 Å². The number of esters is 1. The van der Waals surface area contributed by atoms with Crippen LogP contribution in [0.5, 0.6) is 17.2 Å². The molecule has 0 radical (unpaired) electrons. The van der Waals surface area contributed by atoms with Gasteiger partial charge in [-0.1, -0.05) is 23.8 Å². The van der Waals surface area contributed by atoms with Crippen molar-refractivity contribution in [2.24, 2.45) is 0 Å². The van der Waals surface area contributed by atoms with Crippen LogP contribution in [0.15, 0.2) is 48.5 Å².